The summed E-state index contributed by atoms with van der Waals surface area (Å²) >= 11 is 0. The van der Waals surface area contributed by atoms with Crippen LogP contribution in [-0.4, -0.2) is 48.0 Å². The number of hydrogen-bond acceptors (Lipinski definition) is 3. The Labute approximate surface area is 87.1 Å². The van der Waals surface area contributed by atoms with Crippen LogP contribution in [0.4, 0.5) is 0 Å². The summed E-state index contributed by atoms with van der Waals surface area (Å²) in [5.41, 5.74) is 0. The third-order valence-electron chi connectivity index (χ3n) is 3.24. The van der Waals surface area contributed by atoms with Gasteiger partial charge in [0.1, 0.15) is 0 Å². The topological polar surface area (TPSA) is 32.7 Å². The molecule has 1 rings (SSSR count). The van der Waals surface area contributed by atoms with E-state index in [1.165, 1.54) is 0 Å². The molecule has 84 valence electrons. The Morgan fingerprint density at radius 3 is 2.79 bits per heavy atom. The zero-order chi connectivity index (χ0) is 10.6. The van der Waals surface area contributed by atoms with Gasteiger partial charge < -0.3 is 9.84 Å². The van der Waals surface area contributed by atoms with Crippen LogP contribution in [0, 0.1) is 0 Å². The molecule has 1 aliphatic heterocycles. The molecule has 3 heteroatoms. The van der Waals surface area contributed by atoms with Crippen molar-refractivity contribution < 1.29 is 9.84 Å². The summed E-state index contributed by atoms with van der Waals surface area (Å²) in [6.45, 7) is 8.90. The van der Waals surface area contributed by atoms with Gasteiger partial charge in [-0.15, -0.1) is 0 Å². The normalized spacial score (nSPS) is 28.7. The van der Waals surface area contributed by atoms with Gasteiger partial charge in [0.2, 0.25) is 0 Å². The van der Waals surface area contributed by atoms with Gasteiger partial charge in [0, 0.05) is 18.6 Å². The number of morpholine rings is 1. The van der Waals surface area contributed by atoms with Crippen LogP contribution in [0.3, 0.4) is 0 Å². The van der Waals surface area contributed by atoms with Crippen molar-refractivity contribution >= 4 is 0 Å². The molecule has 0 spiro atoms. The van der Waals surface area contributed by atoms with Crippen molar-refractivity contribution in [3.05, 3.63) is 0 Å². The molecule has 0 saturated carbocycles. The lowest BCUT2D eigenvalue weighted by atomic mass is 10.0. The first-order chi connectivity index (χ1) is 6.70. The zero-order valence-electron chi connectivity index (χ0n) is 9.57. The fraction of sp³-hybridized carbons (Fsp3) is 1.00. The van der Waals surface area contributed by atoms with E-state index in [-0.39, 0.29) is 12.1 Å². The third-order valence-corrected chi connectivity index (χ3v) is 3.24. The van der Waals surface area contributed by atoms with E-state index in [2.05, 4.69) is 18.7 Å². The highest BCUT2D eigenvalue weighted by molar-refractivity contribution is 4.82. The van der Waals surface area contributed by atoms with Gasteiger partial charge in [-0.3, -0.25) is 4.90 Å². The molecule has 14 heavy (non-hydrogen) atoms. The quantitative estimate of drug-likeness (QED) is 0.743. The third kappa shape index (κ3) is 2.69. The fourth-order valence-corrected chi connectivity index (χ4v) is 2.12. The molecule has 0 aromatic heterocycles. The zero-order valence-corrected chi connectivity index (χ0v) is 9.57. The van der Waals surface area contributed by atoms with E-state index < -0.39 is 0 Å². The lowest BCUT2D eigenvalue weighted by Gasteiger charge is -2.40. The minimum atomic E-state index is -0.206. The van der Waals surface area contributed by atoms with Gasteiger partial charge >= 0.3 is 0 Å². The minimum Gasteiger partial charge on any atom is -0.392 e. The van der Waals surface area contributed by atoms with Crippen LogP contribution in [0.2, 0.25) is 0 Å². The molecule has 3 nitrogen and oxygen atoms in total. The molecule has 1 heterocycles. The van der Waals surface area contributed by atoms with E-state index in [0.29, 0.717) is 6.04 Å². The van der Waals surface area contributed by atoms with Gasteiger partial charge in [0.05, 0.1) is 19.3 Å². The SMILES string of the molecule is CCC(O)C(C)N1CCOCC1CC. The Kier molecular flexibility index (Phi) is 4.85. The Hall–Kier alpha value is -0.120. The van der Waals surface area contributed by atoms with Crippen molar-refractivity contribution in [2.45, 2.75) is 51.8 Å². The van der Waals surface area contributed by atoms with Crippen LogP contribution in [-0.2, 0) is 4.74 Å². The second kappa shape index (κ2) is 5.69. The van der Waals surface area contributed by atoms with E-state index in [1.807, 2.05) is 6.92 Å². The Morgan fingerprint density at radius 2 is 2.21 bits per heavy atom. The first kappa shape index (κ1) is 12.0. The highest BCUT2D eigenvalue weighted by Gasteiger charge is 2.28. The van der Waals surface area contributed by atoms with Gasteiger partial charge in [-0.2, -0.15) is 0 Å². The van der Waals surface area contributed by atoms with Crippen LogP contribution in [0.1, 0.15) is 33.6 Å². The lowest BCUT2D eigenvalue weighted by molar-refractivity contribution is -0.0554. The molecule has 1 saturated heterocycles. The van der Waals surface area contributed by atoms with E-state index in [4.69, 9.17) is 4.74 Å². The fourth-order valence-electron chi connectivity index (χ4n) is 2.12. The molecule has 0 aromatic rings. The van der Waals surface area contributed by atoms with Gasteiger partial charge in [0.15, 0.2) is 0 Å². The van der Waals surface area contributed by atoms with E-state index in [1.54, 1.807) is 0 Å². The molecule has 0 amide bonds. The van der Waals surface area contributed by atoms with Crippen molar-refractivity contribution in [3.8, 4) is 0 Å². The summed E-state index contributed by atoms with van der Waals surface area (Å²) in [6.07, 6.45) is 1.72. The van der Waals surface area contributed by atoms with Crippen LogP contribution in [0.5, 0.6) is 0 Å². The molecular weight excluding hydrogens is 178 g/mol. The molecular formula is C11H23NO2. The predicted molar refractivity (Wildman–Crippen MR) is 57.4 cm³/mol. The van der Waals surface area contributed by atoms with Gasteiger partial charge in [-0.05, 0) is 19.8 Å². The van der Waals surface area contributed by atoms with Crippen LogP contribution >= 0.6 is 0 Å². The molecule has 0 aromatic carbocycles. The monoisotopic (exact) mass is 201 g/mol. The highest BCUT2D eigenvalue weighted by Crippen LogP contribution is 2.17. The summed E-state index contributed by atoms with van der Waals surface area (Å²) in [6, 6.07) is 0.744. The van der Waals surface area contributed by atoms with Crippen LogP contribution in [0.25, 0.3) is 0 Å². The first-order valence-corrected chi connectivity index (χ1v) is 5.72. The molecule has 1 fully saturated rings. The lowest BCUT2D eigenvalue weighted by Crippen LogP contribution is -2.53. The summed E-state index contributed by atoms with van der Waals surface area (Å²) in [5, 5.41) is 9.81. The summed E-state index contributed by atoms with van der Waals surface area (Å²) in [7, 11) is 0. The number of aliphatic hydroxyl groups is 1. The maximum absolute atomic E-state index is 9.81. The molecule has 3 atom stereocenters. The molecule has 0 bridgehead atoms. The standard InChI is InChI=1S/C11H23NO2/c1-4-10-8-14-7-6-12(10)9(3)11(13)5-2/h9-11,13H,4-8H2,1-3H3. The molecule has 1 N–H and O–H groups in total. The minimum absolute atomic E-state index is 0.206. The van der Waals surface area contributed by atoms with Crippen molar-refractivity contribution in [3.63, 3.8) is 0 Å². The molecule has 3 unspecified atom stereocenters. The Balaban J connectivity index is 2.53. The van der Waals surface area contributed by atoms with E-state index in [0.717, 1.165) is 32.6 Å². The average Bonchev–Trinajstić information content (AvgIpc) is 2.26. The predicted octanol–water partition coefficient (Wildman–Crippen LogP) is 1.26. The van der Waals surface area contributed by atoms with Gasteiger partial charge in [0.25, 0.3) is 0 Å². The van der Waals surface area contributed by atoms with Crippen LogP contribution < -0.4 is 0 Å². The second-order valence-corrected chi connectivity index (χ2v) is 4.09. The largest absolute Gasteiger partial charge is 0.392 e. The Bertz CT molecular complexity index is 163. The van der Waals surface area contributed by atoms with Crippen molar-refractivity contribution in [2.24, 2.45) is 0 Å². The number of nitrogens with zero attached hydrogens (tertiary/aromatic N) is 1. The molecule has 0 radical (unpaired) electrons. The molecule has 0 aliphatic carbocycles. The maximum atomic E-state index is 9.81. The number of hydrogen-bond donors (Lipinski definition) is 1. The summed E-state index contributed by atoms with van der Waals surface area (Å²) in [4.78, 5) is 2.39. The number of ether oxygens (including phenoxy) is 1. The van der Waals surface area contributed by atoms with Crippen molar-refractivity contribution in [1.82, 2.24) is 4.90 Å². The first-order valence-electron chi connectivity index (χ1n) is 5.72. The van der Waals surface area contributed by atoms with Gasteiger partial charge in [-0.25, -0.2) is 0 Å². The number of aliphatic hydroxyl groups excluding tert-OH is 1. The van der Waals surface area contributed by atoms with Crippen LogP contribution in [0.15, 0.2) is 0 Å². The van der Waals surface area contributed by atoms with Gasteiger partial charge in [-0.1, -0.05) is 13.8 Å². The van der Waals surface area contributed by atoms with Crippen molar-refractivity contribution in [2.75, 3.05) is 19.8 Å². The molecule has 1 aliphatic rings. The Morgan fingerprint density at radius 1 is 1.50 bits per heavy atom. The highest BCUT2D eigenvalue weighted by atomic mass is 16.5. The maximum Gasteiger partial charge on any atom is 0.0690 e. The summed E-state index contributed by atoms with van der Waals surface area (Å²) < 4.78 is 5.44. The second-order valence-electron chi connectivity index (χ2n) is 4.09. The smallest absolute Gasteiger partial charge is 0.0690 e. The van der Waals surface area contributed by atoms with Crippen molar-refractivity contribution in [1.29, 1.82) is 0 Å². The number of rotatable bonds is 4. The average molecular weight is 201 g/mol. The van der Waals surface area contributed by atoms with E-state index >= 15 is 0 Å². The summed E-state index contributed by atoms with van der Waals surface area (Å²) in [5.74, 6) is 0. The van der Waals surface area contributed by atoms with E-state index in [9.17, 15) is 5.11 Å².